The molecule has 0 atom stereocenters. The van der Waals surface area contributed by atoms with Gasteiger partial charge in [0.1, 0.15) is 12.3 Å². The van der Waals surface area contributed by atoms with E-state index in [2.05, 4.69) is 10.3 Å². The molecule has 1 aromatic heterocycles. The van der Waals surface area contributed by atoms with E-state index in [1.807, 2.05) is 30.3 Å². The molecule has 0 aliphatic heterocycles. The van der Waals surface area contributed by atoms with Crippen molar-refractivity contribution in [1.29, 1.82) is 0 Å². The molecule has 0 unspecified atom stereocenters. The molecular weight excluding hydrogens is 448 g/mol. The predicted molar refractivity (Wildman–Crippen MR) is 129 cm³/mol. The number of nitrogens with one attached hydrogen (secondary N) is 1. The van der Waals surface area contributed by atoms with E-state index in [4.69, 9.17) is 14.2 Å². The lowest BCUT2D eigenvalue weighted by molar-refractivity contribution is 0.0594. The van der Waals surface area contributed by atoms with E-state index in [1.165, 1.54) is 20.3 Å². The van der Waals surface area contributed by atoms with Crippen LogP contribution in [-0.4, -0.2) is 43.9 Å². The van der Waals surface area contributed by atoms with Gasteiger partial charge in [-0.3, -0.25) is 9.59 Å². The quantitative estimate of drug-likeness (QED) is 0.349. The van der Waals surface area contributed by atoms with Crippen LogP contribution < -0.4 is 14.8 Å². The van der Waals surface area contributed by atoms with Gasteiger partial charge >= 0.3 is 5.97 Å². The highest BCUT2D eigenvalue weighted by atomic mass is 16.5. The van der Waals surface area contributed by atoms with Crippen molar-refractivity contribution in [1.82, 2.24) is 10.3 Å². The first-order valence-electron chi connectivity index (χ1n) is 11.3. The highest BCUT2D eigenvalue weighted by molar-refractivity contribution is 6.01. The van der Waals surface area contributed by atoms with Crippen LogP contribution in [0.25, 0.3) is 11.1 Å². The van der Waals surface area contributed by atoms with Gasteiger partial charge in [0, 0.05) is 17.7 Å². The average Bonchev–Trinajstić information content (AvgIpc) is 3.74. The number of ether oxygens (including phenoxy) is 3. The van der Waals surface area contributed by atoms with Crippen LogP contribution >= 0.6 is 0 Å². The third-order valence-electron chi connectivity index (χ3n) is 5.74. The maximum absolute atomic E-state index is 12.6. The van der Waals surface area contributed by atoms with E-state index < -0.39 is 5.97 Å². The third kappa shape index (κ3) is 5.66. The molecule has 8 nitrogen and oxygen atoms in total. The predicted octanol–water partition coefficient (Wildman–Crippen LogP) is 4.08. The summed E-state index contributed by atoms with van der Waals surface area (Å²) >= 11 is 0. The highest BCUT2D eigenvalue weighted by Crippen LogP contribution is 2.37. The fraction of sp³-hybridized carbons (Fsp3) is 0.259. The number of amides is 1. The molecular formula is C27H26N2O6. The molecule has 8 heteroatoms. The van der Waals surface area contributed by atoms with Crippen molar-refractivity contribution in [2.45, 2.75) is 19.4 Å². The van der Waals surface area contributed by atoms with E-state index in [9.17, 15) is 14.4 Å². The van der Waals surface area contributed by atoms with Gasteiger partial charge in [-0.2, -0.15) is 0 Å². The fourth-order valence-electron chi connectivity index (χ4n) is 3.62. The minimum absolute atomic E-state index is 0.0744. The summed E-state index contributed by atoms with van der Waals surface area (Å²) in [4.78, 5) is 41.4. The van der Waals surface area contributed by atoms with Crippen LogP contribution in [-0.2, 0) is 11.3 Å². The number of hydrogen-bond acceptors (Lipinski definition) is 7. The Morgan fingerprint density at radius 1 is 1.03 bits per heavy atom. The van der Waals surface area contributed by atoms with Gasteiger partial charge < -0.3 is 19.5 Å². The van der Waals surface area contributed by atoms with E-state index >= 15 is 0 Å². The SMILES string of the molecule is COC(=O)c1nc(C(=O)NCC2CC2)ccc1-c1cc(OC)c(OCc2ccccc2)cc1C=O. The Balaban J connectivity index is 1.69. The first-order valence-corrected chi connectivity index (χ1v) is 11.3. The van der Waals surface area contributed by atoms with Gasteiger partial charge in [-0.25, -0.2) is 9.78 Å². The van der Waals surface area contributed by atoms with Crippen molar-refractivity contribution in [3.8, 4) is 22.6 Å². The molecule has 1 heterocycles. The number of pyridine rings is 1. The normalized spacial score (nSPS) is 12.5. The van der Waals surface area contributed by atoms with Crippen molar-refractivity contribution < 1.29 is 28.6 Å². The smallest absolute Gasteiger partial charge is 0.357 e. The van der Waals surface area contributed by atoms with Crippen LogP contribution in [0.2, 0.25) is 0 Å². The van der Waals surface area contributed by atoms with Gasteiger partial charge in [0.15, 0.2) is 23.5 Å². The van der Waals surface area contributed by atoms with E-state index in [0.29, 0.717) is 41.4 Å². The van der Waals surface area contributed by atoms with Gasteiger partial charge in [0.25, 0.3) is 5.91 Å². The summed E-state index contributed by atoms with van der Waals surface area (Å²) in [6.07, 6.45) is 2.87. The van der Waals surface area contributed by atoms with Crippen LogP contribution in [0.3, 0.4) is 0 Å². The molecule has 1 fully saturated rings. The van der Waals surface area contributed by atoms with Crippen molar-refractivity contribution in [3.05, 3.63) is 77.1 Å². The number of esters is 1. The molecule has 0 bridgehead atoms. The largest absolute Gasteiger partial charge is 0.493 e. The third-order valence-corrected chi connectivity index (χ3v) is 5.74. The fourth-order valence-corrected chi connectivity index (χ4v) is 3.62. The van der Waals surface area contributed by atoms with Crippen LogP contribution in [0.1, 0.15) is 49.7 Å². The molecule has 1 aliphatic rings. The average molecular weight is 475 g/mol. The number of rotatable bonds is 10. The van der Waals surface area contributed by atoms with Gasteiger partial charge in [0.2, 0.25) is 0 Å². The van der Waals surface area contributed by atoms with Crippen molar-refractivity contribution in [2.75, 3.05) is 20.8 Å². The molecule has 0 radical (unpaired) electrons. The lowest BCUT2D eigenvalue weighted by Gasteiger charge is -2.16. The summed E-state index contributed by atoms with van der Waals surface area (Å²) in [7, 11) is 2.72. The molecule has 35 heavy (non-hydrogen) atoms. The van der Waals surface area contributed by atoms with Crippen molar-refractivity contribution in [3.63, 3.8) is 0 Å². The van der Waals surface area contributed by atoms with Gasteiger partial charge in [-0.05, 0) is 54.2 Å². The zero-order chi connectivity index (χ0) is 24.8. The second kappa shape index (κ2) is 10.8. The number of hydrogen-bond donors (Lipinski definition) is 1. The first kappa shape index (κ1) is 23.9. The highest BCUT2D eigenvalue weighted by Gasteiger charge is 2.25. The van der Waals surface area contributed by atoms with Gasteiger partial charge in [-0.15, -0.1) is 0 Å². The lowest BCUT2D eigenvalue weighted by Crippen LogP contribution is -2.27. The van der Waals surface area contributed by atoms with Crippen LogP contribution in [0.4, 0.5) is 0 Å². The summed E-state index contributed by atoms with van der Waals surface area (Å²) in [5.41, 5.74) is 1.99. The second-order valence-electron chi connectivity index (χ2n) is 8.22. The molecule has 3 aromatic rings. The van der Waals surface area contributed by atoms with Crippen molar-refractivity contribution in [2.24, 2.45) is 5.92 Å². The van der Waals surface area contributed by atoms with Gasteiger partial charge in [0.05, 0.1) is 14.2 Å². The van der Waals surface area contributed by atoms with Crippen LogP contribution in [0.15, 0.2) is 54.6 Å². The van der Waals surface area contributed by atoms with E-state index in [0.717, 1.165) is 18.4 Å². The van der Waals surface area contributed by atoms with Gasteiger partial charge in [-0.1, -0.05) is 30.3 Å². The molecule has 0 spiro atoms. The topological polar surface area (TPSA) is 104 Å². The standard InChI is InChI=1S/C27H26N2O6/c1-33-23-13-21(19(15-30)12-24(23)35-16-18-6-4-3-5-7-18)20-10-11-22(29-25(20)27(32)34-2)26(31)28-14-17-8-9-17/h3-7,10-13,15,17H,8-9,14,16H2,1-2H3,(H,28,31). The number of aromatic nitrogens is 1. The minimum atomic E-state index is -0.725. The van der Waals surface area contributed by atoms with Crippen LogP contribution in [0, 0.1) is 5.92 Å². The Labute approximate surface area is 203 Å². The zero-order valence-electron chi connectivity index (χ0n) is 19.6. The number of carbonyl (C=O) groups is 3. The minimum Gasteiger partial charge on any atom is -0.493 e. The Kier molecular flexibility index (Phi) is 7.40. The summed E-state index contributed by atoms with van der Waals surface area (Å²) in [5.74, 6) is 0.168. The second-order valence-corrected chi connectivity index (χ2v) is 8.22. The molecule has 1 saturated carbocycles. The van der Waals surface area contributed by atoms with E-state index in [-0.39, 0.29) is 29.5 Å². The summed E-state index contributed by atoms with van der Waals surface area (Å²) in [6.45, 7) is 0.862. The Hall–Kier alpha value is -4.20. The molecule has 1 N–H and O–H groups in total. The summed E-state index contributed by atoms with van der Waals surface area (Å²) in [6, 6.07) is 15.9. The van der Waals surface area contributed by atoms with Crippen LogP contribution in [0.5, 0.6) is 11.5 Å². The zero-order valence-corrected chi connectivity index (χ0v) is 19.6. The lowest BCUT2D eigenvalue weighted by atomic mass is 9.97. The summed E-state index contributed by atoms with van der Waals surface area (Å²) < 4.78 is 16.3. The Morgan fingerprint density at radius 3 is 2.46 bits per heavy atom. The molecule has 1 aliphatic carbocycles. The molecule has 4 rings (SSSR count). The number of benzene rings is 2. The number of carbonyl (C=O) groups excluding carboxylic acids is 3. The molecule has 0 saturated heterocycles. The Bertz CT molecular complexity index is 1240. The molecule has 2 aromatic carbocycles. The van der Waals surface area contributed by atoms with Crippen molar-refractivity contribution >= 4 is 18.2 Å². The molecule has 180 valence electrons. The summed E-state index contributed by atoms with van der Waals surface area (Å²) in [5, 5.41) is 2.83. The number of methoxy groups -OCH3 is 2. The van der Waals surface area contributed by atoms with E-state index in [1.54, 1.807) is 18.2 Å². The first-order chi connectivity index (χ1) is 17.0. The number of aldehydes is 1. The maximum atomic E-state index is 12.6. The molecule has 1 amide bonds. The number of nitrogens with zero attached hydrogens (tertiary/aromatic N) is 1. The monoisotopic (exact) mass is 474 g/mol. The maximum Gasteiger partial charge on any atom is 0.357 e. The Morgan fingerprint density at radius 2 is 1.80 bits per heavy atom.